The molecule has 0 amide bonds. The van der Waals surface area contributed by atoms with E-state index >= 15 is 0 Å². The summed E-state index contributed by atoms with van der Waals surface area (Å²) in [7, 11) is 4.16. The van der Waals surface area contributed by atoms with Crippen LogP contribution in [0.25, 0.3) is 0 Å². The van der Waals surface area contributed by atoms with Crippen LogP contribution in [0.2, 0.25) is 0 Å². The van der Waals surface area contributed by atoms with Crippen LogP contribution in [-0.4, -0.2) is 19.1 Å². The normalized spacial score (nSPS) is 10.6. The maximum Gasteiger partial charge on any atom is 0.131 e. The molecule has 0 N–H and O–H groups in total. The van der Waals surface area contributed by atoms with Crippen LogP contribution in [-0.2, 0) is 12.8 Å². The van der Waals surface area contributed by atoms with Crippen LogP contribution < -0.4 is 4.90 Å². The van der Waals surface area contributed by atoms with Crippen LogP contribution in [0, 0.1) is 6.92 Å². The zero-order valence-corrected chi connectivity index (χ0v) is 11.3. The van der Waals surface area contributed by atoms with Gasteiger partial charge in [0.1, 0.15) is 5.82 Å². The van der Waals surface area contributed by atoms with E-state index in [9.17, 15) is 0 Å². The molecule has 0 aliphatic rings. The monoisotopic (exact) mass is 220 g/mol. The van der Waals surface area contributed by atoms with E-state index in [1.807, 2.05) is 0 Å². The Kier molecular flexibility index (Phi) is 4.78. The molecule has 0 bridgehead atoms. The minimum absolute atomic E-state index is 1.13. The first-order valence-electron chi connectivity index (χ1n) is 6.26. The van der Waals surface area contributed by atoms with E-state index in [2.05, 4.69) is 50.8 Å². The quantitative estimate of drug-likeness (QED) is 0.756. The molecule has 1 heterocycles. The molecule has 1 rings (SSSR count). The highest BCUT2D eigenvalue weighted by Gasteiger charge is 2.11. The molecule has 0 spiro atoms. The van der Waals surface area contributed by atoms with Crippen LogP contribution in [0.15, 0.2) is 6.07 Å². The summed E-state index contributed by atoms with van der Waals surface area (Å²) in [5.41, 5.74) is 4.06. The largest absolute Gasteiger partial charge is 0.363 e. The second kappa shape index (κ2) is 5.88. The molecule has 0 atom stereocenters. The van der Waals surface area contributed by atoms with Crippen LogP contribution in [0.3, 0.4) is 0 Å². The number of rotatable bonds is 5. The van der Waals surface area contributed by atoms with Crippen molar-refractivity contribution in [1.82, 2.24) is 4.98 Å². The Morgan fingerprint density at radius 3 is 2.25 bits per heavy atom. The second-order valence-electron chi connectivity index (χ2n) is 4.62. The fraction of sp³-hybridized carbons (Fsp3) is 0.643. The summed E-state index contributed by atoms with van der Waals surface area (Å²) < 4.78 is 0. The van der Waals surface area contributed by atoms with Gasteiger partial charge in [0.25, 0.3) is 0 Å². The number of aromatic nitrogens is 1. The van der Waals surface area contributed by atoms with Crippen molar-refractivity contribution in [2.45, 2.75) is 46.5 Å². The lowest BCUT2D eigenvalue weighted by molar-refractivity contribution is 0.840. The molecule has 0 saturated heterocycles. The third-order valence-electron chi connectivity index (χ3n) is 2.77. The lowest BCUT2D eigenvalue weighted by Crippen LogP contribution is -2.15. The van der Waals surface area contributed by atoms with Crippen molar-refractivity contribution in [3.63, 3.8) is 0 Å². The highest BCUT2D eigenvalue weighted by Crippen LogP contribution is 2.24. The highest BCUT2D eigenvalue weighted by molar-refractivity contribution is 5.51. The van der Waals surface area contributed by atoms with E-state index in [1.54, 1.807) is 0 Å². The Morgan fingerprint density at radius 1 is 1.12 bits per heavy atom. The Labute approximate surface area is 99.7 Å². The Bertz CT molecular complexity index is 343. The number of anilines is 1. The molecule has 90 valence electrons. The summed E-state index contributed by atoms with van der Waals surface area (Å²) in [6.07, 6.45) is 4.69. The first-order chi connectivity index (χ1) is 7.60. The summed E-state index contributed by atoms with van der Waals surface area (Å²) in [6.45, 7) is 6.55. The first kappa shape index (κ1) is 13.0. The minimum Gasteiger partial charge on any atom is -0.363 e. The predicted molar refractivity (Wildman–Crippen MR) is 71.3 cm³/mol. The van der Waals surface area contributed by atoms with E-state index in [0.29, 0.717) is 0 Å². The van der Waals surface area contributed by atoms with Gasteiger partial charge < -0.3 is 4.90 Å². The summed E-state index contributed by atoms with van der Waals surface area (Å²) in [4.78, 5) is 6.80. The molecule has 0 unspecified atom stereocenters. The molecule has 16 heavy (non-hydrogen) atoms. The molecule has 0 aromatic carbocycles. The fourth-order valence-electron chi connectivity index (χ4n) is 2.13. The lowest BCUT2D eigenvalue weighted by atomic mass is 9.99. The van der Waals surface area contributed by atoms with Crippen molar-refractivity contribution < 1.29 is 0 Å². The van der Waals surface area contributed by atoms with E-state index in [0.717, 1.165) is 17.9 Å². The zero-order valence-electron chi connectivity index (χ0n) is 11.3. The third kappa shape index (κ3) is 2.97. The molecule has 0 radical (unpaired) electrons. The van der Waals surface area contributed by atoms with Gasteiger partial charge in [-0.2, -0.15) is 0 Å². The topological polar surface area (TPSA) is 16.1 Å². The van der Waals surface area contributed by atoms with E-state index in [-0.39, 0.29) is 0 Å². The number of hydrogen-bond donors (Lipinski definition) is 0. The smallest absolute Gasteiger partial charge is 0.131 e. The molecule has 1 aromatic heterocycles. The average molecular weight is 220 g/mol. The Hall–Kier alpha value is -1.05. The van der Waals surface area contributed by atoms with E-state index in [4.69, 9.17) is 0 Å². The average Bonchev–Trinajstić information content (AvgIpc) is 2.21. The van der Waals surface area contributed by atoms with Gasteiger partial charge in [-0.25, -0.2) is 4.98 Å². The second-order valence-corrected chi connectivity index (χ2v) is 4.62. The van der Waals surface area contributed by atoms with Gasteiger partial charge in [-0.3, -0.25) is 0 Å². The van der Waals surface area contributed by atoms with Crippen LogP contribution in [0.1, 0.15) is 43.5 Å². The SMILES string of the molecule is CCCc1cc(C)nc(N(C)C)c1CCC. The molecular weight excluding hydrogens is 196 g/mol. The van der Waals surface area contributed by atoms with Gasteiger partial charge in [-0.05, 0) is 37.0 Å². The predicted octanol–water partition coefficient (Wildman–Crippen LogP) is 3.36. The fourth-order valence-corrected chi connectivity index (χ4v) is 2.13. The first-order valence-corrected chi connectivity index (χ1v) is 6.26. The van der Waals surface area contributed by atoms with Gasteiger partial charge in [-0.15, -0.1) is 0 Å². The molecule has 0 aliphatic heterocycles. The van der Waals surface area contributed by atoms with Crippen LogP contribution in [0.5, 0.6) is 0 Å². The molecular formula is C14H24N2. The van der Waals surface area contributed by atoms with Gasteiger partial charge in [0, 0.05) is 19.8 Å². The molecule has 1 aromatic rings. The molecule has 0 fully saturated rings. The van der Waals surface area contributed by atoms with Crippen LogP contribution >= 0.6 is 0 Å². The van der Waals surface area contributed by atoms with Gasteiger partial charge in [-0.1, -0.05) is 26.7 Å². The van der Waals surface area contributed by atoms with Crippen molar-refractivity contribution in [2.24, 2.45) is 0 Å². The van der Waals surface area contributed by atoms with Gasteiger partial charge in [0.2, 0.25) is 0 Å². The molecule has 0 aliphatic carbocycles. The summed E-state index contributed by atoms with van der Waals surface area (Å²) in [6, 6.07) is 2.25. The lowest BCUT2D eigenvalue weighted by Gasteiger charge is -2.20. The van der Waals surface area contributed by atoms with Crippen molar-refractivity contribution in [3.8, 4) is 0 Å². The third-order valence-corrected chi connectivity index (χ3v) is 2.77. The van der Waals surface area contributed by atoms with Gasteiger partial charge in [0.05, 0.1) is 0 Å². The number of hydrogen-bond acceptors (Lipinski definition) is 2. The maximum atomic E-state index is 4.66. The van der Waals surface area contributed by atoms with E-state index < -0.39 is 0 Å². The van der Waals surface area contributed by atoms with Gasteiger partial charge in [0.15, 0.2) is 0 Å². The number of nitrogens with zero attached hydrogens (tertiary/aromatic N) is 2. The maximum absolute atomic E-state index is 4.66. The van der Waals surface area contributed by atoms with Crippen molar-refractivity contribution >= 4 is 5.82 Å². The number of aryl methyl sites for hydroxylation is 2. The van der Waals surface area contributed by atoms with Gasteiger partial charge >= 0.3 is 0 Å². The highest BCUT2D eigenvalue weighted by atomic mass is 15.1. The molecule has 2 nitrogen and oxygen atoms in total. The Balaban J connectivity index is 3.23. The van der Waals surface area contributed by atoms with Crippen molar-refractivity contribution in [2.75, 3.05) is 19.0 Å². The van der Waals surface area contributed by atoms with Crippen LogP contribution in [0.4, 0.5) is 5.82 Å². The molecule has 2 heteroatoms. The summed E-state index contributed by atoms with van der Waals surface area (Å²) >= 11 is 0. The Morgan fingerprint density at radius 2 is 1.75 bits per heavy atom. The minimum atomic E-state index is 1.13. The van der Waals surface area contributed by atoms with Crippen molar-refractivity contribution in [3.05, 3.63) is 22.9 Å². The zero-order chi connectivity index (χ0) is 12.1. The van der Waals surface area contributed by atoms with Crippen molar-refractivity contribution in [1.29, 1.82) is 0 Å². The summed E-state index contributed by atoms with van der Waals surface area (Å²) in [5.74, 6) is 1.16. The molecule has 0 saturated carbocycles. The standard InChI is InChI=1S/C14H24N2/c1-6-8-12-10-11(3)15-14(16(4)5)13(12)9-7-2/h10H,6-9H2,1-5H3. The van der Waals surface area contributed by atoms with E-state index in [1.165, 1.54) is 30.4 Å². The summed E-state index contributed by atoms with van der Waals surface area (Å²) in [5, 5.41) is 0. The number of pyridine rings is 1.